The maximum absolute atomic E-state index is 7.47. The molecule has 1 aromatic carbocycles. The van der Waals surface area contributed by atoms with E-state index < -0.39 is 0 Å². The van der Waals surface area contributed by atoms with E-state index in [0.29, 0.717) is 6.04 Å². The number of benzene rings is 1. The molecule has 1 fully saturated rings. The van der Waals surface area contributed by atoms with Crippen LogP contribution in [0.4, 0.5) is 0 Å². The third-order valence-corrected chi connectivity index (χ3v) is 4.00. The summed E-state index contributed by atoms with van der Waals surface area (Å²) < 4.78 is 0. The van der Waals surface area contributed by atoms with Crippen LogP contribution in [0.1, 0.15) is 23.6 Å². The fourth-order valence-corrected chi connectivity index (χ4v) is 2.67. The molecule has 0 saturated carbocycles. The molecule has 0 radical (unpaired) electrons. The predicted octanol–water partition coefficient (Wildman–Crippen LogP) is 1.41. The topological polar surface area (TPSA) is 56.4 Å². The smallest absolute Gasteiger partial charge is 0.122 e. The van der Waals surface area contributed by atoms with Crippen LogP contribution in [0.5, 0.6) is 0 Å². The molecule has 19 heavy (non-hydrogen) atoms. The summed E-state index contributed by atoms with van der Waals surface area (Å²) >= 11 is 0. The number of piperazine rings is 1. The maximum atomic E-state index is 7.47. The van der Waals surface area contributed by atoms with E-state index in [-0.39, 0.29) is 5.84 Å². The second-order valence-corrected chi connectivity index (χ2v) is 5.64. The molecule has 1 heterocycles. The maximum Gasteiger partial charge on any atom is 0.122 e. The van der Waals surface area contributed by atoms with Gasteiger partial charge in [-0.1, -0.05) is 12.1 Å². The molecule has 1 aromatic rings. The lowest BCUT2D eigenvalue weighted by Crippen LogP contribution is -2.49. The SMILES string of the molecule is Cc1cc(C(=N)N)ccc1CN1CCN(C)CC1C. The Morgan fingerprint density at radius 2 is 2.16 bits per heavy atom. The number of hydrogen-bond donors (Lipinski definition) is 2. The van der Waals surface area contributed by atoms with E-state index in [0.717, 1.165) is 31.7 Å². The van der Waals surface area contributed by atoms with Gasteiger partial charge in [0.05, 0.1) is 0 Å². The number of hydrogen-bond acceptors (Lipinski definition) is 3. The van der Waals surface area contributed by atoms with Gasteiger partial charge in [0.25, 0.3) is 0 Å². The van der Waals surface area contributed by atoms with E-state index in [4.69, 9.17) is 11.1 Å². The molecular formula is C15H24N4. The van der Waals surface area contributed by atoms with Gasteiger partial charge in [-0.15, -0.1) is 0 Å². The van der Waals surface area contributed by atoms with Crippen molar-refractivity contribution in [1.29, 1.82) is 5.41 Å². The Morgan fingerprint density at radius 3 is 2.74 bits per heavy atom. The second-order valence-electron chi connectivity index (χ2n) is 5.64. The van der Waals surface area contributed by atoms with Gasteiger partial charge in [-0.05, 0) is 38.1 Å². The number of likely N-dealkylation sites (N-methyl/N-ethyl adjacent to an activating group) is 1. The molecule has 0 aliphatic carbocycles. The molecule has 104 valence electrons. The van der Waals surface area contributed by atoms with Crippen LogP contribution >= 0.6 is 0 Å². The summed E-state index contributed by atoms with van der Waals surface area (Å²) in [6, 6.07) is 6.66. The van der Waals surface area contributed by atoms with Crippen molar-refractivity contribution in [3.63, 3.8) is 0 Å². The molecule has 0 amide bonds. The normalized spacial score (nSPS) is 21.5. The summed E-state index contributed by atoms with van der Waals surface area (Å²) in [6.07, 6.45) is 0. The summed E-state index contributed by atoms with van der Waals surface area (Å²) in [5, 5.41) is 7.47. The molecule has 1 saturated heterocycles. The Kier molecular flexibility index (Phi) is 4.22. The molecule has 0 spiro atoms. The first-order valence-corrected chi connectivity index (χ1v) is 6.84. The molecular weight excluding hydrogens is 236 g/mol. The van der Waals surface area contributed by atoms with Crippen molar-refractivity contribution in [2.24, 2.45) is 5.73 Å². The Labute approximate surface area is 115 Å². The van der Waals surface area contributed by atoms with E-state index >= 15 is 0 Å². The predicted molar refractivity (Wildman–Crippen MR) is 79.6 cm³/mol. The molecule has 1 aliphatic heterocycles. The first-order valence-electron chi connectivity index (χ1n) is 6.84. The van der Waals surface area contributed by atoms with Gasteiger partial charge in [-0.2, -0.15) is 0 Å². The first-order chi connectivity index (χ1) is 8.97. The van der Waals surface area contributed by atoms with E-state index in [1.165, 1.54) is 11.1 Å². The summed E-state index contributed by atoms with van der Waals surface area (Å²) in [5.74, 6) is 0.141. The second kappa shape index (κ2) is 5.72. The molecule has 0 bridgehead atoms. The monoisotopic (exact) mass is 260 g/mol. The minimum Gasteiger partial charge on any atom is -0.384 e. The van der Waals surface area contributed by atoms with E-state index in [9.17, 15) is 0 Å². The Balaban J connectivity index is 2.09. The molecule has 1 atom stereocenters. The van der Waals surface area contributed by atoms with Crippen LogP contribution in [0.3, 0.4) is 0 Å². The van der Waals surface area contributed by atoms with Crippen molar-refractivity contribution in [3.05, 3.63) is 34.9 Å². The van der Waals surface area contributed by atoms with Gasteiger partial charge in [-0.3, -0.25) is 10.3 Å². The minimum absolute atomic E-state index is 0.141. The molecule has 1 unspecified atom stereocenters. The Hall–Kier alpha value is -1.39. The number of amidine groups is 1. The Morgan fingerprint density at radius 1 is 1.42 bits per heavy atom. The third kappa shape index (κ3) is 3.33. The average Bonchev–Trinajstić information content (AvgIpc) is 2.34. The number of nitrogens with zero attached hydrogens (tertiary/aromatic N) is 2. The van der Waals surface area contributed by atoms with Gasteiger partial charge < -0.3 is 10.6 Å². The zero-order valence-electron chi connectivity index (χ0n) is 12.1. The highest BCUT2D eigenvalue weighted by atomic mass is 15.3. The molecule has 2 rings (SSSR count). The number of nitrogen functional groups attached to an aromatic ring is 1. The van der Waals surface area contributed by atoms with Gasteiger partial charge in [0, 0.05) is 37.8 Å². The van der Waals surface area contributed by atoms with Gasteiger partial charge in [-0.25, -0.2) is 0 Å². The minimum atomic E-state index is 0.141. The molecule has 1 aliphatic rings. The lowest BCUT2D eigenvalue weighted by atomic mass is 10.0. The van der Waals surface area contributed by atoms with Crippen LogP contribution in [0.15, 0.2) is 18.2 Å². The van der Waals surface area contributed by atoms with Crippen LogP contribution in [-0.4, -0.2) is 48.4 Å². The van der Waals surface area contributed by atoms with Crippen molar-refractivity contribution in [1.82, 2.24) is 9.80 Å². The molecule has 4 heteroatoms. The highest BCUT2D eigenvalue weighted by molar-refractivity contribution is 5.95. The first kappa shape index (κ1) is 14.0. The van der Waals surface area contributed by atoms with Gasteiger partial charge in [0.2, 0.25) is 0 Å². The largest absolute Gasteiger partial charge is 0.384 e. The highest BCUT2D eigenvalue weighted by Gasteiger charge is 2.21. The fourth-order valence-electron chi connectivity index (χ4n) is 2.67. The average molecular weight is 260 g/mol. The summed E-state index contributed by atoms with van der Waals surface area (Å²) in [4.78, 5) is 4.91. The standard InChI is InChI=1S/C15H24N4/c1-11-8-13(15(16)17)4-5-14(11)10-19-7-6-18(3)9-12(19)2/h4-5,8,12H,6-7,9-10H2,1-3H3,(H3,16,17). The number of rotatable bonds is 3. The van der Waals surface area contributed by atoms with Gasteiger partial charge in [0.1, 0.15) is 5.84 Å². The van der Waals surface area contributed by atoms with Crippen molar-refractivity contribution < 1.29 is 0 Å². The lowest BCUT2D eigenvalue weighted by Gasteiger charge is -2.38. The van der Waals surface area contributed by atoms with Crippen molar-refractivity contribution in [3.8, 4) is 0 Å². The quantitative estimate of drug-likeness (QED) is 0.638. The summed E-state index contributed by atoms with van der Waals surface area (Å²) in [5.41, 5.74) is 8.89. The zero-order valence-corrected chi connectivity index (χ0v) is 12.1. The Bertz CT molecular complexity index is 469. The lowest BCUT2D eigenvalue weighted by molar-refractivity contribution is 0.0937. The number of aryl methyl sites for hydroxylation is 1. The van der Waals surface area contributed by atoms with Crippen molar-refractivity contribution >= 4 is 5.84 Å². The van der Waals surface area contributed by atoms with Crippen LogP contribution in [0.2, 0.25) is 0 Å². The van der Waals surface area contributed by atoms with E-state index in [1.807, 2.05) is 12.1 Å². The molecule has 4 nitrogen and oxygen atoms in total. The summed E-state index contributed by atoms with van der Waals surface area (Å²) in [6.45, 7) is 8.75. The zero-order chi connectivity index (χ0) is 14.0. The highest BCUT2D eigenvalue weighted by Crippen LogP contribution is 2.17. The van der Waals surface area contributed by atoms with Gasteiger partial charge >= 0.3 is 0 Å². The third-order valence-electron chi connectivity index (χ3n) is 4.00. The van der Waals surface area contributed by atoms with E-state index in [1.54, 1.807) is 0 Å². The van der Waals surface area contributed by atoms with Crippen molar-refractivity contribution in [2.45, 2.75) is 26.4 Å². The summed E-state index contributed by atoms with van der Waals surface area (Å²) in [7, 11) is 2.18. The van der Waals surface area contributed by atoms with Gasteiger partial charge in [0.15, 0.2) is 0 Å². The van der Waals surface area contributed by atoms with Crippen LogP contribution in [-0.2, 0) is 6.54 Å². The van der Waals surface area contributed by atoms with Crippen LogP contribution in [0, 0.1) is 12.3 Å². The van der Waals surface area contributed by atoms with Crippen LogP contribution in [0.25, 0.3) is 0 Å². The number of nitrogens with one attached hydrogen (secondary N) is 1. The van der Waals surface area contributed by atoms with Crippen LogP contribution < -0.4 is 5.73 Å². The van der Waals surface area contributed by atoms with E-state index in [2.05, 4.69) is 36.8 Å². The molecule has 0 aromatic heterocycles. The molecule has 3 N–H and O–H groups in total. The van der Waals surface area contributed by atoms with Crippen molar-refractivity contribution in [2.75, 3.05) is 26.7 Å². The fraction of sp³-hybridized carbons (Fsp3) is 0.533. The number of nitrogens with two attached hydrogens (primary N) is 1.